The van der Waals surface area contributed by atoms with E-state index >= 15 is 0 Å². The number of fused-ring (bicyclic) bond motifs is 1. The molecule has 1 aromatic heterocycles. The number of hydrogen-bond acceptors (Lipinski definition) is 3. The van der Waals surface area contributed by atoms with E-state index in [1.165, 1.54) is 5.56 Å². The number of benzene rings is 2. The van der Waals surface area contributed by atoms with Crippen LogP contribution in [0.25, 0.3) is 10.8 Å². The molecule has 4 heteroatoms. The Hall–Kier alpha value is -2.07. The number of nitrogens with zero attached hydrogens (tertiary/aromatic N) is 1. The zero-order chi connectivity index (χ0) is 14.8. The molecule has 3 rings (SSSR count). The average Bonchev–Trinajstić information content (AvgIpc) is 2.52. The monoisotopic (exact) mass is 341 g/mol. The van der Waals surface area contributed by atoms with Crippen molar-refractivity contribution in [3.05, 3.63) is 58.8 Å². The Balaban J connectivity index is 2.09. The second-order valence-corrected chi connectivity index (χ2v) is 5.82. The minimum Gasteiger partial charge on any atom is -0.398 e. The fourth-order valence-electron chi connectivity index (χ4n) is 2.44. The maximum atomic E-state index is 6.02. The van der Waals surface area contributed by atoms with Gasteiger partial charge in [0.1, 0.15) is 0 Å². The van der Waals surface area contributed by atoms with Crippen molar-refractivity contribution in [2.45, 2.75) is 13.3 Å². The highest BCUT2D eigenvalue weighted by Crippen LogP contribution is 2.31. The van der Waals surface area contributed by atoms with E-state index in [0.29, 0.717) is 0 Å². The summed E-state index contributed by atoms with van der Waals surface area (Å²) in [5, 5.41) is 5.57. The first-order valence-electron chi connectivity index (χ1n) is 6.86. The number of nitrogens with one attached hydrogen (secondary N) is 1. The second kappa shape index (κ2) is 5.74. The molecular weight excluding hydrogens is 326 g/mol. The van der Waals surface area contributed by atoms with Gasteiger partial charge in [0.15, 0.2) is 0 Å². The van der Waals surface area contributed by atoms with Crippen LogP contribution in [0.5, 0.6) is 0 Å². The minimum atomic E-state index is 0.746. The highest BCUT2D eigenvalue weighted by Gasteiger charge is 2.07. The number of halogens is 1. The van der Waals surface area contributed by atoms with Crippen LogP contribution >= 0.6 is 15.9 Å². The average molecular weight is 342 g/mol. The Kier molecular flexibility index (Phi) is 3.80. The topological polar surface area (TPSA) is 50.9 Å². The van der Waals surface area contributed by atoms with Crippen LogP contribution in [-0.2, 0) is 6.42 Å². The molecule has 0 saturated carbocycles. The number of pyridine rings is 1. The van der Waals surface area contributed by atoms with Crippen LogP contribution in [-0.4, -0.2) is 4.98 Å². The van der Waals surface area contributed by atoms with Gasteiger partial charge in [-0.1, -0.05) is 22.9 Å². The third-order valence-corrected chi connectivity index (χ3v) is 4.06. The van der Waals surface area contributed by atoms with Crippen molar-refractivity contribution in [1.29, 1.82) is 0 Å². The molecule has 0 radical (unpaired) electrons. The molecule has 0 atom stereocenters. The van der Waals surface area contributed by atoms with E-state index in [-0.39, 0.29) is 0 Å². The smallest absolute Gasteiger partial charge is 0.0466 e. The first-order valence-corrected chi connectivity index (χ1v) is 7.66. The SMILES string of the molecule is CCc1cc(Br)ccc1Nc1ccc(N)c2cnccc12. The molecule has 0 spiro atoms. The van der Waals surface area contributed by atoms with E-state index in [9.17, 15) is 0 Å². The number of nitrogen functional groups attached to an aromatic ring is 1. The summed E-state index contributed by atoms with van der Waals surface area (Å²) in [6.45, 7) is 2.15. The summed E-state index contributed by atoms with van der Waals surface area (Å²) < 4.78 is 1.09. The van der Waals surface area contributed by atoms with Gasteiger partial charge in [0.2, 0.25) is 0 Å². The molecule has 0 amide bonds. The van der Waals surface area contributed by atoms with Crippen molar-refractivity contribution in [3.8, 4) is 0 Å². The zero-order valence-corrected chi connectivity index (χ0v) is 13.3. The first-order chi connectivity index (χ1) is 10.2. The van der Waals surface area contributed by atoms with Gasteiger partial charge in [-0.2, -0.15) is 0 Å². The van der Waals surface area contributed by atoms with Crippen LogP contribution < -0.4 is 11.1 Å². The summed E-state index contributed by atoms with van der Waals surface area (Å²) in [6, 6.07) is 12.2. The minimum absolute atomic E-state index is 0.746. The molecule has 3 N–H and O–H groups in total. The van der Waals surface area contributed by atoms with Crippen molar-refractivity contribution in [1.82, 2.24) is 4.98 Å². The van der Waals surface area contributed by atoms with Gasteiger partial charge in [-0.25, -0.2) is 0 Å². The molecule has 0 aliphatic carbocycles. The largest absolute Gasteiger partial charge is 0.398 e. The second-order valence-electron chi connectivity index (χ2n) is 4.90. The highest BCUT2D eigenvalue weighted by molar-refractivity contribution is 9.10. The van der Waals surface area contributed by atoms with E-state index < -0.39 is 0 Å². The molecular formula is C17H16BrN3. The van der Waals surface area contributed by atoms with Gasteiger partial charge in [0.05, 0.1) is 0 Å². The maximum absolute atomic E-state index is 6.02. The molecule has 21 heavy (non-hydrogen) atoms. The predicted molar refractivity (Wildman–Crippen MR) is 93.0 cm³/mol. The summed E-state index contributed by atoms with van der Waals surface area (Å²) in [4.78, 5) is 4.15. The van der Waals surface area contributed by atoms with Gasteiger partial charge in [0.25, 0.3) is 0 Å². The van der Waals surface area contributed by atoms with Crippen molar-refractivity contribution in [2.75, 3.05) is 11.1 Å². The van der Waals surface area contributed by atoms with Crippen molar-refractivity contribution in [3.63, 3.8) is 0 Å². The lowest BCUT2D eigenvalue weighted by molar-refractivity contribution is 1.14. The normalized spacial score (nSPS) is 10.8. The Morgan fingerprint density at radius 2 is 1.90 bits per heavy atom. The van der Waals surface area contributed by atoms with Crippen molar-refractivity contribution in [2.24, 2.45) is 0 Å². The first kappa shape index (κ1) is 13.9. The van der Waals surface area contributed by atoms with Crippen LogP contribution in [0.15, 0.2) is 53.3 Å². The van der Waals surface area contributed by atoms with Gasteiger partial charge in [-0.05, 0) is 48.4 Å². The molecule has 0 aliphatic rings. The lowest BCUT2D eigenvalue weighted by Gasteiger charge is -2.14. The Bertz CT molecular complexity index is 799. The van der Waals surface area contributed by atoms with Gasteiger partial charge < -0.3 is 11.1 Å². The third kappa shape index (κ3) is 2.72. The fraction of sp³-hybridized carbons (Fsp3) is 0.118. The Labute approximate surface area is 132 Å². The number of rotatable bonds is 3. The van der Waals surface area contributed by atoms with E-state index in [1.54, 1.807) is 12.4 Å². The fourth-order valence-corrected chi connectivity index (χ4v) is 2.85. The molecule has 106 valence electrons. The van der Waals surface area contributed by atoms with Crippen LogP contribution in [0.4, 0.5) is 17.1 Å². The quantitative estimate of drug-likeness (QED) is 0.667. The van der Waals surface area contributed by atoms with Gasteiger partial charge >= 0.3 is 0 Å². The van der Waals surface area contributed by atoms with E-state index in [1.807, 2.05) is 24.3 Å². The van der Waals surface area contributed by atoms with Gasteiger partial charge in [0, 0.05) is 44.7 Å². The predicted octanol–water partition coefficient (Wildman–Crippen LogP) is 4.89. The standard InChI is InChI=1S/C17H16BrN3/c1-2-11-9-12(18)3-5-16(11)21-17-6-4-15(19)14-10-20-8-7-13(14)17/h3-10,21H,2,19H2,1H3. The number of aryl methyl sites for hydroxylation is 1. The van der Waals surface area contributed by atoms with Crippen molar-refractivity contribution < 1.29 is 0 Å². The number of hydrogen-bond donors (Lipinski definition) is 2. The summed E-state index contributed by atoms with van der Waals surface area (Å²) in [5.74, 6) is 0. The molecule has 0 aliphatic heterocycles. The molecule has 0 unspecified atom stereocenters. The molecule has 0 saturated heterocycles. The van der Waals surface area contributed by atoms with Crippen molar-refractivity contribution >= 4 is 43.8 Å². The zero-order valence-electron chi connectivity index (χ0n) is 11.7. The van der Waals surface area contributed by atoms with Crippen LogP contribution in [0.3, 0.4) is 0 Å². The summed E-state index contributed by atoms with van der Waals surface area (Å²) in [7, 11) is 0. The number of nitrogens with two attached hydrogens (primary N) is 1. The van der Waals surface area contributed by atoms with Crippen LogP contribution in [0, 0.1) is 0 Å². The third-order valence-electron chi connectivity index (χ3n) is 3.57. The Morgan fingerprint density at radius 3 is 2.71 bits per heavy atom. The van der Waals surface area contributed by atoms with E-state index in [2.05, 4.69) is 45.3 Å². The Morgan fingerprint density at radius 1 is 1.10 bits per heavy atom. The molecule has 0 bridgehead atoms. The lowest BCUT2D eigenvalue weighted by Crippen LogP contribution is -1.97. The summed E-state index contributed by atoms with van der Waals surface area (Å²) in [6.07, 6.45) is 4.56. The van der Waals surface area contributed by atoms with Gasteiger partial charge in [-0.15, -0.1) is 0 Å². The van der Waals surface area contributed by atoms with Gasteiger partial charge in [-0.3, -0.25) is 4.98 Å². The number of anilines is 3. The molecule has 2 aromatic carbocycles. The molecule has 3 nitrogen and oxygen atoms in total. The highest BCUT2D eigenvalue weighted by atomic mass is 79.9. The summed E-state index contributed by atoms with van der Waals surface area (Å²) in [5.41, 5.74) is 10.2. The molecule has 1 heterocycles. The summed E-state index contributed by atoms with van der Waals surface area (Å²) >= 11 is 3.52. The van der Waals surface area contributed by atoms with E-state index in [4.69, 9.17) is 5.73 Å². The van der Waals surface area contributed by atoms with Crippen LogP contribution in [0.1, 0.15) is 12.5 Å². The molecule has 0 fully saturated rings. The van der Waals surface area contributed by atoms with E-state index in [0.717, 1.165) is 38.7 Å². The molecule has 3 aromatic rings. The van der Waals surface area contributed by atoms with Crippen LogP contribution in [0.2, 0.25) is 0 Å². The lowest BCUT2D eigenvalue weighted by atomic mass is 10.1. The maximum Gasteiger partial charge on any atom is 0.0466 e. The number of aromatic nitrogens is 1.